The molecule has 0 aliphatic rings. The highest BCUT2D eigenvalue weighted by molar-refractivity contribution is 7.90. The van der Waals surface area contributed by atoms with E-state index in [1.165, 1.54) is 6.26 Å². The molecule has 0 unspecified atom stereocenters. The van der Waals surface area contributed by atoms with Gasteiger partial charge >= 0.3 is 0 Å². The van der Waals surface area contributed by atoms with E-state index in [0.29, 0.717) is 13.1 Å². The smallest absolute Gasteiger partial charge is 0.148 e. The van der Waals surface area contributed by atoms with Crippen LogP contribution in [-0.4, -0.2) is 32.0 Å². The summed E-state index contributed by atoms with van der Waals surface area (Å²) in [6.07, 6.45) is 4.70. The molecule has 0 aromatic carbocycles. The van der Waals surface area contributed by atoms with Crippen LogP contribution in [0.1, 0.15) is 5.56 Å². The summed E-state index contributed by atoms with van der Waals surface area (Å²) in [5.74, 6) is 0.174. The molecule has 0 fully saturated rings. The molecule has 0 saturated carbocycles. The third-order valence-electron chi connectivity index (χ3n) is 1.70. The molecular weight excluding hydrogens is 200 g/mol. The molecule has 0 saturated heterocycles. The molecule has 78 valence electrons. The zero-order chi connectivity index (χ0) is 10.4. The molecule has 1 heterocycles. The standard InChI is InChI=1S/C9H14N2O2S/c1-14(12,13)6-5-11-8-9-3-2-4-10-7-9/h2-4,7,11H,5-6,8H2,1H3. The lowest BCUT2D eigenvalue weighted by atomic mass is 10.3. The van der Waals surface area contributed by atoms with Crippen LogP contribution >= 0.6 is 0 Å². The molecule has 1 aromatic rings. The van der Waals surface area contributed by atoms with Crippen LogP contribution < -0.4 is 5.32 Å². The minimum Gasteiger partial charge on any atom is -0.312 e. The number of pyridine rings is 1. The lowest BCUT2D eigenvalue weighted by molar-refractivity contribution is 0.596. The van der Waals surface area contributed by atoms with E-state index < -0.39 is 9.84 Å². The monoisotopic (exact) mass is 214 g/mol. The van der Waals surface area contributed by atoms with Gasteiger partial charge in [-0.2, -0.15) is 0 Å². The first-order valence-electron chi connectivity index (χ1n) is 4.35. The van der Waals surface area contributed by atoms with E-state index in [-0.39, 0.29) is 5.75 Å². The van der Waals surface area contributed by atoms with Crippen LogP contribution in [0.5, 0.6) is 0 Å². The predicted octanol–water partition coefficient (Wildman–Crippen LogP) is 0.216. The number of nitrogens with zero attached hydrogens (tertiary/aromatic N) is 1. The summed E-state index contributed by atoms with van der Waals surface area (Å²) >= 11 is 0. The largest absolute Gasteiger partial charge is 0.312 e. The average molecular weight is 214 g/mol. The average Bonchev–Trinajstić information content (AvgIpc) is 2.13. The van der Waals surface area contributed by atoms with E-state index in [1.807, 2.05) is 12.1 Å². The zero-order valence-corrected chi connectivity index (χ0v) is 8.92. The Bertz CT molecular complexity index is 362. The van der Waals surface area contributed by atoms with Crippen LogP contribution in [0.2, 0.25) is 0 Å². The molecule has 5 heteroatoms. The van der Waals surface area contributed by atoms with Crippen LogP contribution in [0.15, 0.2) is 24.5 Å². The minimum absolute atomic E-state index is 0.174. The summed E-state index contributed by atoms with van der Waals surface area (Å²) in [4.78, 5) is 3.95. The van der Waals surface area contributed by atoms with Crippen LogP contribution in [-0.2, 0) is 16.4 Å². The quantitative estimate of drug-likeness (QED) is 0.712. The van der Waals surface area contributed by atoms with Crippen molar-refractivity contribution in [2.75, 3.05) is 18.6 Å². The van der Waals surface area contributed by atoms with Crippen LogP contribution in [0.3, 0.4) is 0 Å². The minimum atomic E-state index is -2.86. The van der Waals surface area contributed by atoms with Gasteiger partial charge in [-0.1, -0.05) is 6.07 Å². The van der Waals surface area contributed by atoms with E-state index in [0.717, 1.165) is 5.56 Å². The molecule has 0 amide bonds. The van der Waals surface area contributed by atoms with Gasteiger partial charge < -0.3 is 5.32 Å². The van der Waals surface area contributed by atoms with Gasteiger partial charge in [-0.3, -0.25) is 4.98 Å². The number of nitrogens with one attached hydrogen (secondary N) is 1. The van der Waals surface area contributed by atoms with Crippen molar-refractivity contribution in [2.45, 2.75) is 6.54 Å². The van der Waals surface area contributed by atoms with Gasteiger partial charge in [0, 0.05) is 31.7 Å². The highest BCUT2D eigenvalue weighted by Crippen LogP contribution is 1.93. The molecule has 1 rings (SSSR count). The number of hydrogen-bond acceptors (Lipinski definition) is 4. The normalized spacial score (nSPS) is 11.5. The predicted molar refractivity (Wildman–Crippen MR) is 55.7 cm³/mol. The Morgan fingerprint density at radius 2 is 2.29 bits per heavy atom. The molecule has 1 aromatic heterocycles. The molecule has 4 nitrogen and oxygen atoms in total. The topological polar surface area (TPSA) is 59.1 Å². The van der Waals surface area contributed by atoms with Gasteiger partial charge in [-0.15, -0.1) is 0 Å². The fraction of sp³-hybridized carbons (Fsp3) is 0.444. The Kier molecular flexibility index (Phi) is 4.03. The Morgan fingerprint density at radius 1 is 1.50 bits per heavy atom. The van der Waals surface area contributed by atoms with Crippen molar-refractivity contribution in [3.8, 4) is 0 Å². The number of sulfone groups is 1. The van der Waals surface area contributed by atoms with Crippen LogP contribution in [0.25, 0.3) is 0 Å². The van der Waals surface area contributed by atoms with Gasteiger partial charge in [0.05, 0.1) is 5.75 Å². The third-order valence-corrected chi connectivity index (χ3v) is 2.65. The summed E-state index contributed by atoms with van der Waals surface area (Å²) in [6, 6.07) is 3.80. The van der Waals surface area contributed by atoms with Gasteiger partial charge in [-0.25, -0.2) is 8.42 Å². The van der Waals surface area contributed by atoms with Gasteiger partial charge in [0.15, 0.2) is 0 Å². The molecular formula is C9H14N2O2S. The molecule has 0 aliphatic heterocycles. The maximum absolute atomic E-state index is 10.8. The first-order chi connectivity index (χ1) is 6.58. The molecule has 0 spiro atoms. The van der Waals surface area contributed by atoms with Crippen molar-refractivity contribution in [1.82, 2.24) is 10.3 Å². The van der Waals surface area contributed by atoms with Crippen molar-refractivity contribution in [3.63, 3.8) is 0 Å². The Balaban J connectivity index is 2.23. The van der Waals surface area contributed by atoms with E-state index in [4.69, 9.17) is 0 Å². The second-order valence-corrected chi connectivity index (χ2v) is 5.43. The summed E-state index contributed by atoms with van der Waals surface area (Å²) in [7, 11) is -2.86. The maximum Gasteiger partial charge on any atom is 0.148 e. The molecule has 14 heavy (non-hydrogen) atoms. The first-order valence-corrected chi connectivity index (χ1v) is 6.41. The van der Waals surface area contributed by atoms with Crippen molar-refractivity contribution >= 4 is 9.84 Å². The SMILES string of the molecule is CS(=O)(=O)CCNCc1cccnc1. The van der Waals surface area contributed by atoms with Gasteiger partial charge in [0.25, 0.3) is 0 Å². The number of hydrogen-bond donors (Lipinski definition) is 1. The Hall–Kier alpha value is -0.940. The summed E-state index contributed by atoms with van der Waals surface area (Å²) < 4.78 is 21.6. The van der Waals surface area contributed by atoms with Crippen molar-refractivity contribution in [1.29, 1.82) is 0 Å². The summed E-state index contributed by atoms with van der Waals surface area (Å²) in [5.41, 5.74) is 1.06. The van der Waals surface area contributed by atoms with Gasteiger partial charge in [-0.05, 0) is 11.6 Å². The lowest BCUT2D eigenvalue weighted by Crippen LogP contribution is -2.21. The Morgan fingerprint density at radius 3 is 2.86 bits per heavy atom. The maximum atomic E-state index is 10.8. The first kappa shape index (κ1) is 11.1. The molecule has 0 atom stereocenters. The second-order valence-electron chi connectivity index (χ2n) is 3.17. The van der Waals surface area contributed by atoms with Gasteiger partial charge in [0.2, 0.25) is 0 Å². The molecule has 1 N–H and O–H groups in total. The Labute approximate surface area is 84.3 Å². The van der Waals surface area contributed by atoms with Crippen molar-refractivity contribution < 1.29 is 8.42 Å². The lowest BCUT2D eigenvalue weighted by Gasteiger charge is -2.02. The second kappa shape index (κ2) is 5.07. The van der Waals surface area contributed by atoms with E-state index in [9.17, 15) is 8.42 Å². The van der Waals surface area contributed by atoms with Crippen LogP contribution in [0.4, 0.5) is 0 Å². The third kappa shape index (κ3) is 4.94. The summed E-state index contributed by atoms with van der Waals surface area (Å²) in [5, 5.41) is 3.04. The fourth-order valence-electron chi connectivity index (χ4n) is 0.993. The molecule has 0 bridgehead atoms. The fourth-order valence-corrected chi connectivity index (χ4v) is 1.51. The number of rotatable bonds is 5. The highest BCUT2D eigenvalue weighted by atomic mass is 32.2. The van der Waals surface area contributed by atoms with Gasteiger partial charge in [0.1, 0.15) is 9.84 Å². The van der Waals surface area contributed by atoms with Crippen molar-refractivity contribution in [3.05, 3.63) is 30.1 Å². The van der Waals surface area contributed by atoms with E-state index >= 15 is 0 Å². The molecule has 0 radical (unpaired) electrons. The van der Waals surface area contributed by atoms with Crippen molar-refractivity contribution in [2.24, 2.45) is 0 Å². The van der Waals surface area contributed by atoms with Crippen LogP contribution in [0, 0.1) is 0 Å². The van der Waals surface area contributed by atoms with E-state index in [1.54, 1.807) is 12.4 Å². The highest BCUT2D eigenvalue weighted by Gasteiger charge is 2.00. The molecule has 0 aliphatic carbocycles. The zero-order valence-electron chi connectivity index (χ0n) is 8.10. The van der Waals surface area contributed by atoms with E-state index in [2.05, 4.69) is 10.3 Å². The summed E-state index contributed by atoms with van der Waals surface area (Å²) in [6.45, 7) is 1.14. The number of aromatic nitrogens is 1.